The fourth-order valence-electron chi connectivity index (χ4n) is 3.45. The van der Waals surface area contributed by atoms with Crippen LogP contribution >= 0.6 is 11.8 Å². The number of carbonyl (C=O) groups is 1. The van der Waals surface area contributed by atoms with E-state index in [9.17, 15) is 4.79 Å². The largest absolute Gasteiger partial charge is 0.356 e. The molecule has 0 atom stereocenters. The van der Waals surface area contributed by atoms with Crippen LogP contribution in [-0.2, 0) is 6.54 Å². The van der Waals surface area contributed by atoms with Crippen molar-refractivity contribution >= 4 is 34.5 Å². The molecule has 1 aliphatic heterocycles. The average molecular weight is 408 g/mol. The van der Waals surface area contributed by atoms with E-state index in [-0.39, 0.29) is 5.91 Å². The van der Waals surface area contributed by atoms with Gasteiger partial charge in [0.2, 0.25) is 0 Å². The third-order valence-corrected chi connectivity index (χ3v) is 5.45. The maximum absolute atomic E-state index is 12.3. The highest BCUT2D eigenvalue weighted by molar-refractivity contribution is 7.98. The minimum atomic E-state index is -0.212. The third-order valence-electron chi connectivity index (χ3n) is 4.91. The maximum atomic E-state index is 12.3. The molecule has 0 saturated carbocycles. The Labute approximate surface area is 172 Å². The molecule has 0 bridgehead atoms. The van der Waals surface area contributed by atoms with Gasteiger partial charge in [0, 0.05) is 25.2 Å². The fourth-order valence-corrected chi connectivity index (χ4v) is 3.81. The predicted molar refractivity (Wildman–Crippen MR) is 112 cm³/mol. The van der Waals surface area contributed by atoms with Gasteiger partial charge >= 0.3 is 0 Å². The van der Waals surface area contributed by atoms with Crippen LogP contribution in [0.25, 0.3) is 11.0 Å². The van der Waals surface area contributed by atoms with Crippen LogP contribution in [-0.4, -0.2) is 51.5 Å². The van der Waals surface area contributed by atoms with E-state index in [1.54, 1.807) is 24.3 Å². The summed E-state index contributed by atoms with van der Waals surface area (Å²) in [7, 11) is 0. The van der Waals surface area contributed by atoms with Crippen molar-refractivity contribution in [2.45, 2.75) is 24.5 Å². The number of rotatable bonds is 6. The maximum Gasteiger partial charge on any atom is 0.251 e. The SMILES string of the molecule is CSc1nc(N2CCCC2)c2cnn(CCNC(=O)c3cccc(C#N)c3)c2n1. The van der Waals surface area contributed by atoms with Crippen molar-refractivity contribution in [1.29, 1.82) is 5.26 Å². The lowest BCUT2D eigenvalue weighted by Crippen LogP contribution is -2.27. The summed E-state index contributed by atoms with van der Waals surface area (Å²) in [5.74, 6) is 0.733. The van der Waals surface area contributed by atoms with Gasteiger partial charge in [-0.05, 0) is 37.3 Å². The Morgan fingerprint density at radius 3 is 2.90 bits per heavy atom. The lowest BCUT2D eigenvalue weighted by molar-refractivity contribution is 0.0952. The Bertz CT molecular complexity index is 1080. The zero-order chi connectivity index (χ0) is 20.2. The second-order valence-corrected chi connectivity index (χ2v) is 7.55. The molecule has 0 spiro atoms. The Morgan fingerprint density at radius 2 is 2.14 bits per heavy atom. The lowest BCUT2D eigenvalue weighted by atomic mass is 10.1. The Morgan fingerprint density at radius 1 is 1.31 bits per heavy atom. The fraction of sp³-hybridized carbons (Fsp3) is 0.350. The molecule has 1 saturated heterocycles. The zero-order valence-corrected chi connectivity index (χ0v) is 16.9. The predicted octanol–water partition coefficient (Wildman–Crippen LogP) is 2.45. The van der Waals surface area contributed by atoms with Gasteiger partial charge in [0.15, 0.2) is 10.8 Å². The number of benzene rings is 1. The van der Waals surface area contributed by atoms with Gasteiger partial charge in [-0.25, -0.2) is 14.6 Å². The number of hydrogen-bond acceptors (Lipinski definition) is 7. The molecular weight excluding hydrogens is 386 g/mol. The van der Waals surface area contributed by atoms with Crippen molar-refractivity contribution in [1.82, 2.24) is 25.1 Å². The first-order valence-electron chi connectivity index (χ1n) is 9.50. The second kappa shape index (κ2) is 8.49. The van der Waals surface area contributed by atoms with Crippen molar-refractivity contribution in [3.63, 3.8) is 0 Å². The van der Waals surface area contributed by atoms with Crippen molar-refractivity contribution in [3.05, 3.63) is 41.6 Å². The number of amides is 1. The molecule has 4 rings (SSSR count). The van der Waals surface area contributed by atoms with Crippen LogP contribution in [0.5, 0.6) is 0 Å². The third kappa shape index (κ3) is 4.03. The lowest BCUT2D eigenvalue weighted by Gasteiger charge is -2.17. The van der Waals surface area contributed by atoms with Crippen molar-refractivity contribution in [2.24, 2.45) is 0 Å². The number of hydrogen-bond donors (Lipinski definition) is 1. The van der Waals surface area contributed by atoms with Gasteiger partial charge in [-0.2, -0.15) is 10.4 Å². The average Bonchev–Trinajstić information content (AvgIpc) is 3.43. The molecule has 0 radical (unpaired) electrons. The summed E-state index contributed by atoms with van der Waals surface area (Å²) in [6.07, 6.45) is 6.12. The van der Waals surface area contributed by atoms with E-state index in [1.165, 1.54) is 24.6 Å². The van der Waals surface area contributed by atoms with Gasteiger partial charge in [0.25, 0.3) is 5.91 Å². The quantitative estimate of drug-likeness (QED) is 0.495. The van der Waals surface area contributed by atoms with Crippen molar-refractivity contribution in [2.75, 3.05) is 30.8 Å². The highest BCUT2D eigenvalue weighted by Crippen LogP contribution is 2.28. The summed E-state index contributed by atoms with van der Waals surface area (Å²) in [6.45, 7) is 2.91. The van der Waals surface area contributed by atoms with Gasteiger partial charge in [0.05, 0.1) is 29.8 Å². The number of nitrogens with one attached hydrogen (secondary N) is 1. The van der Waals surface area contributed by atoms with E-state index in [4.69, 9.17) is 10.2 Å². The smallest absolute Gasteiger partial charge is 0.251 e. The number of fused-ring (bicyclic) bond motifs is 1. The number of carbonyl (C=O) groups excluding carboxylic acids is 1. The summed E-state index contributed by atoms with van der Waals surface area (Å²) in [5.41, 5.74) is 1.72. The van der Waals surface area contributed by atoms with E-state index < -0.39 is 0 Å². The standard InChI is InChI=1S/C20H21N7OS/c1-29-20-24-17(26-8-2-3-9-26)16-13-23-27(18(16)25-20)10-7-22-19(28)15-6-4-5-14(11-15)12-21/h4-6,11,13H,2-3,7-10H2,1H3,(H,22,28). The second-order valence-electron chi connectivity index (χ2n) is 6.78. The summed E-state index contributed by atoms with van der Waals surface area (Å²) in [6, 6.07) is 8.70. The minimum absolute atomic E-state index is 0.212. The van der Waals surface area contributed by atoms with Crippen LogP contribution < -0.4 is 10.2 Å². The van der Waals surface area contributed by atoms with E-state index >= 15 is 0 Å². The first-order chi connectivity index (χ1) is 14.2. The van der Waals surface area contributed by atoms with E-state index in [0.29, 0.717) is 24.2 Å². The van der Waals surface area contributed by atoms with Gasteiger partial charge in [-0.15, -0.1) is 0 Å². The molecule has 8 nitrogen and oxygen atoms in total. The molecule has 1 fully saturated rings. The Balaban J connectivity index is 1.50. The van der Waals surface area contributed by atoms with Crippen LogP contribution in [0.4, 0.5) is 5.82 Å². The first-order valence-corrected chi connectivity index (χ1v) is 10.7. The molecule has 3 aromatic rings. The van der Waals surface area contributed by atoms with Gasteiger partial charge in [-0.1, -0.05) is 17.8 Å². The molecule has 29 heavy (non-hydrogen) atoms. The number of aromatic nitrogens is 4. The molecule has 1 aromatic carbocycles. The Hall–Kier alpha value is -3.12. The molecule has 3 heterocycles. The van der Waals surface area contributed by atoms with Gasteiger partial charge < -0.3 is 10.2 Å². The molecule has 1 aliphatic rings. The molecular formula is C20H21N7OS. The molecule has 0 unspecified atom stereocenters. The number of anilines is 1. The monoisotopic (exact) mass is 407 g/mol. The molecule has 9 heteroatoms. The minimum Gasteiger partial charge on any atom is -0.356 e. The van der Waals surface area contributed by atoms with E-state index in [1.807, 2.05) is 23.2 Å². The highest BCUT2D eigenvalue weighted by atomic mass is 32.2. The normalized spacial score (nSPS) is 13.6. The summed E-state index contributed by atoms with van der Waals surface area (Å²) >= 11 is 1.51. The summed E-state index contributed by atoms with van der Waals surface area (Å²) < 4.78 is 1.81. The highest BCUT2D eigenvalue weighted by Gasteiger charge is 2.20. The molecule has 1 amide bonds. The Kier molecular flexibility index (Phi) is 5.62. The topological polar surface area (TPSA) is 99.7 Å². The zero-order valence-electron chi connectivity index (χ0n) is 16.1. The van der Waals surface area contributed by atoms with E-state index in [2.05, 4.69) is 20.3 Å². The molecule has 148 valence electrons. The van der Waals surface area contributed by atoms with Crippen LogP contribution in [0.1, 0.15) is 28.8 Å². The van der Waals surface area contributed by atoms with Crippen LogP contribution in [0.3, 0.4) is 0 Å². The van der Waals surface area contributed by atoms with Gasteiger partial charge in [-0.3, -0.25) is 4.79 Å². The summed E-state index contributed by atoms with van der Waals surface area (Å²) in [4.78, 5) is 24.0. The first kappa shape index (κ1) is 19.2. The number of thioether (sulfide) groups is 1. The van der Waals surface area contributed by atoms with E-state index in [0.717, 1.165) is 35.1 Å². The number of nitrogens with zero attached hydrogens (tertiary/aromatic N) is 6. The summed E-state index contributed by atoms with van der Waals surface area (Å²) in [5, 5.41) is 18.0. The molecule has 1 N–H and O–H groups in total. The van der Waals surface area contributed by atoms with Crippen LogP contribution in [0.15, 0.2) is 35.6 Å². The molecule has 0 aliphatic carbocycles. The van der Waals surface area contributed by atoms with Crippen molar-refractivity contribution < 1.29 is 4.79 Å². The van der Waals surface area contributed by atoms with Gasteiger partial charge in [0.1, 0.15) is 5.82 Å². The van der Waals surface area contributed by atoms with Crippen LogP contribution in [0.2, 0.25) is 0 Å². The number of nitriles is 1. The van der Waals surface area contributed by atoms with Crippen molar-refractivity contribution in [3.8, 4) is 6.07 Å². The molecule has 2 aromatic heterocycles. The van der Waals surface area contributed by atoms with Crippen LogP contribution in [0, 0.1) is 11.3 Å².